The van der Waals surface area contributed by atoms with Crippen LogP contribution in [0.4, 0.5) is 0 Å². The predicted molar refractivity (Wildman–Crippen MR) is 64.3 cm³/mol. The van der Waals surface area contributed by atoms with E-state index in [4.69, 9.17) is 10.2 Å². The Morgan fingerprint density at radius 1 is 0.706 bits per heavy atom. The molecule has 0 rings (SSSR count). The second-order valence-corrected chi connectivity index (χ2v) is 8.11. The summed E-state index contributed by atoms with van der Waals surface area (Å²) in [5.41, 5.74) is 0. The number of rotatable bonds is 10. The molecule has 0 aromatic carbocycles. The lowest BCUT2D eigenvalue weighted by Gasteiger charge is -2.05. The molecule has 104 valence electrons. The van der Waals surface area contributed by atoms with Crippen LogP contribution < -0.4 is 5.32 Å². The van der Waals surface area contributed by atoms with E-state index in [1.807, 2.05) is 0 Å². The van der Waals surface area contributed by atoms with Crippen LogP contribution in [0, 0.1) is 0 Å². The lowest BCUT2D eigenvalue weighted by atomic mass is 10.7. The molecule has 0 bridgehead atoms. The van der Waals surface area contributed by atoms with Crippen LogP contribution in [0.3, 0.4) is 0 Å². The van der Waals surface area contributed by atoms with Crippen LogP contribution in [0.15, 0.2) is 0 Å². The first kappa shape index (κ1) is 16.8. The molecule has 0 radical (unpaired) electrons. The van der Waals surface area contributed by atoms with Crippen LogP contribution in [0.25, 0.3) is 0 Å². The van der Waals surface area contributed by atoms with Crippen molar-refractivity contribution in [1.29, 1.82) is 0 Å². The van der Waals surface area contributed by atoms with E-state index in [0.717, 1.165) is 0 Å². The quantitative estimate of drug-likeness (QED) is 0.377. The summed E-state index contributed by atoms with van der Waals surface area (Å²) in [5, 5.41) is 19.6. The van der Waals surface area contributed by atoms with Gasteiger partial charge in [-0.25, -0.2) is 16.8 Å². The van der Waals surface area contributed by atoms with Crippen LogP contribution in [0.2, 0.25) is 0 Å². The largest absolute Gasteiger partial charge is 0.395 e. The maximum absolute atomic E-state index is 11.1. The van der Waals surface area contributed by atoms with Crippen molar-refractivity contribution in [2.75, 3.05) is 49.3 Å². The van der Waals surface area contributed by atoms with Crippen molar-refractivity contribution in [3.8, 4) is 0 Å². The topological polar surface area (TPSA) is 121 Å². The minimum absolute atomic E-state index is 0.131. The molecule has 0 fully saturated rings. The third-order valence-corrected chi connectivity index (χ3v) is 5.25. The van der Waals surface area contributed by atoms with Crippen LogP contribution in [-0.2, 0) is 19.7 Å². The van der Waals surface area contributed by atoms with E-state index >= 15 is 0 Å². The molecule has 3 N–H and O–H groups in total. The van der Waals surface area contributed by atoms with Crippen molar-refractivity contribution >= 4 is 19.7 Å². The fraction of sp³-hybridized carbons (Fsp3) is 1.00. The third-order valence-electron chi connectivity index (χ3n) is 1.98. The molecule has 9 heteroatoms. The Labute approximate surface area is 102 Å². The van der Waals surface area contributed by atoms with E-state index in [2.05, 4.69) is 5.32 Å². The number of nitrogens with one attached hydrogen (secondary N) is 1. The summed E-state index contributed by atoms with van der Waals surface area (Å²) < 4.78 is 44.6. The second-order valence-electron chi connectivity index (χ2n) is 3.50. The first-order valence-corrected chi connectivity index (χ1v) is 8.80. The van der Waals surface area contributed by atoms with Gasteiger partial charge in [0.2, 0.25) is 0 Å². The Balaban J connectivity index is 3.74. The molecule has 17 heavy (non-hydrogen) atoms. The molecular formula is C8H19NO6S2. The smallest absolute Gasteiger partial charge is 0.153 e. The van der Waals surface area contributed by atoms with E-state index in [1.54, 1.807) is 0 Å². The molecule has 0 unspecified atom stereocenters. The Morgan fingerprint density at radius 3 is 1.35 bits per heavy atom. The molecule has 7 nitrogen and oxygen atoms in total. The highest BCUT2D eigenvalue weighted by Gasteiger charge is 2.11. The Hall–Kier alpha value is -0.220. The van der Waals surface area contributed by atoms with Crippen LogP contribution in [-0.4, -0.2) is 76.4 Å². The number of hydrogen-bond donors (Lipinski definition) is 3. The molecule has 0 amide bonds. The Morgan fingerprint density at radius 2 is 1.06 bits per heavy atom. The van der Waals surface area contributed by atoms with E-state index < -0.39 is 32.9 Å². The molecule has 0 saturated heterocycles. The summed E-state index contributed by atoms with van der Waals surface area (Å²) in [7, 11) is -6.52. The maximum Gasteiger partial charge on any atom is 0.153 e. The van der Waals surface area contributed by atoms with E-state index in [-0.39, 0.29) is 36.1 Å². The summed E-state index contributed by atoms with van der Waals surface area (Å²) in [6, 6.07) is 0. The van der Waals surface area contributed by atoms with Gasteiger partial charge in [0.25, 0.3) is 0 Å². The highest BCUT2D eigenvalue weighted by atomic mass is 32.2. The Kier molecular flexibility index (Phi) is 7.88. The molecule has 0 aromatic rings. The zero-order chi connectivity index (χ0) is 13.4. The first-order chi connectivity index (χ1) is 7.83. The fourth-order valence-corrected chi connectivity index (χ4v) is 2.94. The molecule has 0 spiro atoms. The minimum Gasteiger partial charge on any atom is -0.395 e. The summed E-state index contributed by atoms with van der Waals surface area (Å²) >= 11 is 0. The van der Waals surface area contributed by atoms with Crippen molar-refractivity contribution < 1.29 is 27.0 Å². The van der Waals surface area contributed by atoms with Crippen LogP contribution in [0.1, 0.15) is 0 Å². The zero-order valence-corrected chi connectivity index (χ0v) is 11.1. The average molecular weight is 289 g/mol. The van der Waals surface area contributed by atoms with E-state index in [1.165, 1.54) is 0 Å². The maximum atomic E-state index is 11.1. The number of aliphatic hydroxyl groups excluding tert-OH is 2. The molecule has 0 heterocycles. The van der Waals surface area contributed by atoms with Gasteiger partial charge in [-0.3, -0.25) is 0 Å². The Bertz CT molecular complexity index is 350. The standard InChI is InChI=1S/C8H19NO6S2/c10-3-7-16(12,13)5-1-9-2-6-17(14,15)8-4-11/h9-11H,1-8H2. The van der Waals surface area contributed by atoms with Crippen molar-refractivity contribution in [2.24, 2.45) is 0 Å². The van der Waals surface area contributed by atoms with Gasteiger partial charge in [-0.2, -0.15) is 0 Å². The number of hydrogen-bond acceptors (Lipinski definition) is 7. The monoisotopic (exact) mass is 289 g/mol. The van der Waals surface area contributed by atoms with Crippen molar-refractivity contribution in [3.63, 3.8) is 0 Å². The lowest BCUT2D eigenvalue weighted by Crippen LogP contribution is -2.30. The van der Waals surface area contributed by atoms with Gasteiger partial charge in [-0.15, -0.1) is 0 Å². The molecule has 0 aliphatic carbocycles. The number of aliphatic hydroxyl groups is 2. The van der Waals surface area contributed by atoms with E-state index in [9.17, 15) is 16.8 Å². The highest BCUT2D eigenvalue weighted by Crippen LogP contribution is 1.89. The summed E-state index contributed by atoms with van der Waals surface area (Å²) in [6.07, 6.45) is 0. The first-order valence-electron chi connectivity index (χ1n) is 5.16. The molecule has 0 atom stereocenters. The van der Waals surface area contributed by atoms with Gasteiger partial charge in [0, 0.05) is 13.1 Å². The third kappa shape index (κ3) is 9.48. The summed E-state index contributed by atoms with van der Waals surface area (Å²) in [5.74, 6) is -0.823. The molecular weight excluding hydrogens is 270 g/mol. The van der Waals surface area contributed by atoms with Crippen LogP contribution in [0.5, 0.6) is 0 Å². The van der Waals surface area contributed by atoms with Gasteiger partial charge in [0.1, 0.15) is 0 Å². The molecule has 0 saturated carbocycles. The lowest BCUT2D eigenvalue weighted by molar-refractivity contribution is 0.319. The van der Waals surface area contributed by atoms with Gasteiger partial charge in [0.05, 0.1) is 36.2 Å². The summed E-state index contributed by atoms with van der Waals surface area (Å²) in [4.78, 5) is 0. The van der Waals surface area contributed by atoms with Gasteiger partial charge < -0.3 is 15.5 Å². The van der Waals surface area contributed by atoms with Crippen LogP contribution >= 0.6 is 0 Å². The van der Waals surface area contributed by atoms with Crippen molar-refractivity contribution in [3.05, 3.63) is 0 Å². The van der Waals surface area contributed by atoms with E-state index in [0.29, 0.717) is 0 Å². The minimum atomic E-state index is -3.26. The highest BCUT2D eigenvalue weighted by molar-refractivity contribution is 7.91. The van der Waals surface area contributed by atoms with Gasteiger partial charge in [-0.05, 0) is 0 Å². The van der Waals surface area contributed by atoms with Gasteiger partial charge in [0.15, 0.2) is 19.7 Å². The summed E-state index contributed by atoms with van der Waals surface area (Å²) in [6.45, 7) is -0.519. The van der Waals surface area contributed by atoms with Gasteiger partial charge >= 0.3 is 0 Å². The van der Waals surface area contributed by atoms with Crippen molar-refractivity contribution in [2.45, 2.75) is 0 Å². The number of sulfone groups is 2. The zero-order valence-electron chi connectivity index (χ0n) is 9.50. The molecule has 0 aliphatic heterocycles. The fourth-order valence-electron chi connectivity index (χ4n) is 1.06. The normalized spacial score (nSPS) is 12.8. The molecule has 0 aromatic heterocycles. The van der Waals surface area contributed by atoms with Gasteiger partial charge in [-0.1, -0.05) is 0 Å². The second kappa shape index (κ2) is 7.98. The average Bonchev–Trinajstić information content (AvgIpc) is 2.16. The predicted octanol–water partition coefficient (Wildman–Crippen LogP) is -2.61. The molecule has 0 aliphatic rings. The van der Waals surface area contributed by atoms with Crippen molar-refractivity contribution in [1.82, 2.24) is 5.32 Å². The SMILES string of the molecule is O=S(=O)(CCO)CCNCCS(=O)(=O)CCO.